The van der Waals surface area contributed by atoms with Gasteiger partial charge in [-0.15, -0.1) is 0 Å². The molecule has 0 saturated carbocycles. The SMILES string of the molecule is CCOc1cccc(OCCNC(=O)c2ccco2)c1. The summed E-state index contributed by atoms with van der Waals surface area (Å²) < 4.78 is 15.9. The van der Waals surface area contributed by atoms with Crippen LogP contribution in [0, 0.1) is 0 Å². The maximum absolute atomic E-state index is 11.6. The normalized spacial score (nSPS) is 10.1. The second kappa shape index (κ2) is 7.23. The third kappa shape index (κ3) is 4.05. The van der Waals surface area contributed by atoms with Crippen molar-refractivity contribution >= 4 is 5.91 Å². The Bertz CT molecular complexity index is 537. The zero-order chi connectivity index (χ0) is 14.2. The molecule has 0 saturated heterocycles. The van der Waals surface area contributed by atoms with E-state index >= 15 is 0 Å². The molecule has 2 aromatic rings. The fourth-order valence-electron chi connectivity index (χ4n) is 1.65. The first kappa shape index (κ1) is 14.0. The van der Waals surface area contributed by atoms with Crippen molar-refractivity contribution in [2.45, 2.75) is 6.92 Å². The minimum absolute atomic E-state index is 0.248. The van der Waals surface area contributed by atoms with Crippen molar-refractivity contribution in [3.63, 3.8) is 0 Å². The molecule has 20 heavy (non-hydrogen) atoms. The molecule has 0 aliphatic carbocycles. The highest BCUT2D eigenvalue weighted by Crippen LogP contribution is 2.19. The van der Waals surface area contributed by atoms with Gasteiger partial charge < -0.3 is 19.2 Å². The molecule has 0 fully saturated rings. The predicted octanol–water partition coefficient (Wildman–Crippen LogP) is 2.49. The molecule has 0 spiro atoms. The van der Waals surface area contributed by atoms with E-state index in [1.165, 1.54) is 6.26 Å². The minimum atomic E-state index is -0.248. The monoisotopic (exact) mass is 275 g/mol. The summed E-state index contributed by atoms with van der Waals surface area (Å²) in [5.74, 6) is 1.53. The number of ether oxygens (including phenoxy) is 2. The summed E-state index contributed by atoms with van der Waals surface area (Å²) in [6, 6.07) is 10.7. The van der Waals surface area contributed by atoms with Gasteiger partial charge in [0.2, 0.25) is 0 Å². The van der Waals surface area contributed by atoms with E-state index < -0.39 is 0 Å². The molecule has 0 unspecified atom stereocenters. The lowest BCUT2D eigenvalue weighted by atomic mass is 10.3. The van der Waals surface area contributed by atoms with Crippen LogP contribution in [0.25, 0.3) is 0 Å². The average Bonchev–Trinajstić information content (AvgIpc) is 2.98. The number of rotatable bonds is 7. The highest BCUT2D eigenvalue weighted by molar-refractivity contribution is 5.91. The van der Waals surface area contributed by atoms with E-state index in [4.69, 9.17) is 13.9 Å². The van der Waals surface area contributed by atoms with E-state index in [1.807, 2.05) is 31.2 Å². The zero-order valence-electron chi connectivity index (χ0n) is 11.3. The smallest absolute Gasteiger partial charge is 0.287 e. The molecule has 0 aliphatic rings. The number of hydrogen-bond acceptors (Lipinski definition) is 4. The molecule has 2 rings (SSSR count). The molecule has 5 nitrogen and oxygen atoms in total. The van der Waals surface area contributed by atoms with Crippen molar-refractivity contribution in [2.75, 3.05) is 19.8 Å². The predicted molar refractivity (Wildman–Crippen MR) is 74.1 cm³/mol. The largest absolute Gasteiger partial charge is 0.494 e. The Morgan fingerprint density at radius 1 is 1.20 bits per heavy atom. The average molecular weight is 275 g/mol. The summed E-state index contributed by atoms with van der Waals surface area (Å²) in [6.45, 7) is 3.32. The molecule has 1 heterocycles. The van der Waals surface area contributed by atoms with Crippen LogP contribution in [0.3, 0.4) is 0 Å². The fraction of sp³-hybridized carbons (Fsp3) is 0.267. The van der Waals surface area contributed by atoms with Gasteiger partial charge in [-0.05, 0) is 31.2 Å². The molecule has 0 atom stereocenters. The summed E-state index contributed by atoms with van der Waals surface area (Å²) in [6.07, 6.45) is 1.46. The van der Waals surface area contributed by atoms with Gasteiger partial charge >= 0.3 is 0 Å². The van der Waals surface area contributed by atoms with Crippen molar-refractivity contribution in [1.29, 1.82) is 0 Å². The lowest BCUT2D eigenvalue weighted by Crippen LogP contribution is -2.27. The molecule has 1 aromatic heterocycles. The maximum atomic E-state index is 11.6. The number of furan rings is 1. The van der Waals surface area contributed by atoms with Gasteiger partial charge in [0.1, 0.15) is 18.1 Å². The fourth-order valence-corrected chi connectivity index (χ4v) is 1.65. The van der Waals surface area contributed by atoms with E-state index in [0.717, 1.165) is 5.75 Å². The molecule has 0 radical (unpaired) electrons. The molecule has 1 N–H and O–H groups in total. The maximum Gasteiger partial charge on any atom is 0.287 e. The lowest BCUT2D eigenvalue weighted by Gasteiger charge is -2.08. The molecule has 0 bridgehead atoms. The molecular weight excluding hydrogens is 258 g/mol. The summed E-state index contributed by atoms with van der Waals surface area (Å²) in [5, 5.41) is 2.71. The van der Waals surface area contributed by atoms with Crippen molar-refractivity contribution in [1.82, 2.24) is 5.32 Å². The Kier molecular flexibility index (Phi) is 5.06. The summed E-state index contributed by atoms with van der Waals surface area (Å²) in [4.78, 5) is 11.6. The number of carbonyl (C=O) groups excluding carboxylic acids is 1. The molecule has 1 aromatic carbocycles. The van der Waals surface area contributed by atoms with Crippen molar-refractivity contribution in [3.05, 3.63) is 48.4 Å². The van der Waals surface area contributed by atoms with Gasteiger partial charge in [0.25, 0.3) is 5.91 Å². The first-order valence-corrected chi connectivity index (χ1v) is 6.47. The van der Waals surface area contributed by atoms with Crippen LogP contribution in [0.15, 0.2) is 47.1 Å². The van der Waals surface area contributed by atoms with Crippen LogP contribution >= 0.6 is 0 Å². The lowest BCUT2D eigenvalue weighted by molar-refractivity contribution is 0.0919. The Labute approximate surface area is 117 Å². The summed E-state index contributed by atoms with van der Waals surface area (Å²) in [5.41, 5.74) is 0. The highest BCUT2D eigenvalue weighted by Gasteiger charge is 2.06. The minimum Gasteiger partial charge on any atom is -0.494 e. The van der Waals surface area contributed by atoms with Crippen molar-refractivity contribution < 1.29 is 18.7 Å². The van der Waals surface area contributed by atoms with E-state index in [2.05, 4.69) is 5.32 Å². The van der Waals surface area contributed by atoms with Crippen molar-refractivity contribution in [3.8, 4) is 11.5 Å². The van der Waals surface area contributed by atoms with E-state index in [1.54, 1.807) is 12.1 Å². The Morgan fingerprint density at radius 2 is 2.00 bits per heavy atom. The first-order valence-electron chi connectivity index (χ1n) is 6.47. The highest BCUT2D eigenvalue weighted by atomic mass is 16.5. The second-order valence-corrected chi connectivity index (χ2v) is 3.99. The van der Waals surface area contributed by atoms with Crippen LogP contribution < -0.4 is 14.8 Å². The molecule has 0 aliphatic heterocycles. The number of carbonyl (C=O) groups is 1. The Morgan fingerprint density at radius 3 is 2.70 bits per heavy atom. The third-order valence-corrected chi connectivity index (χ3v) is 2.52. The van der Waals surface area contributed by atoms with Crippen LogP contribution in [0.5, 0.6) is 11.5 Å². The Balaban J connectivity index is 1.73. The van der Waals surface area contributed by atoms with Gasteiger partial charge in [-0.3, -0.25) is 4.79 Å². The summed E-state index contributed by atoms with van der Waals surface area (Å²) in [7, 11) is 0. The number of hydrogen-bond donors (Lipinski definition) is 1. The third-order valence-electron chi connectivity index (χ3n) is 2.52. The van der Waals surface area contributed by atoms with Gasteiger partial charge in [-0.2, -0.15) is 0 Å². The summed E-state index contributed by atoms with van der Waals surface area (Å²) >= 11 is 0. The quantitative estimate of drug-likeness (QED) is 0.789. The first-order chi connectivity index (χ1) is 9.79. The van der Waals surface area contributed by atoms with Gasteiger partial charge in [0.15, 0.2) is 5.76 Å². The van der Waals surface area contributed by atoms with Gasteiger partial charge in [-0.1, -0.05) is 6.07 Å². The van der Waals surface area contributed by atoms with Crippen LogP contribution in [-0.2, 0) is 0 Å². The van der Waals surface area contributed by atoms with Gasteiger partial charge in [0.05, 0.1) is 19.4 Å². The number of benzene rings is 1. The molecular formula is C15H17NO4. The Hall–Kier alpha value is -2.43. The molecule has 5 heteroatoms. The van der Waals surface area contributed by atoms with Crippen LogP contribution in [0.2, 0.25) is 0 Å². The second-order valence-electron chi connectivity index (χ2n) is 3.99. The van der Waals surface area contributed by atoms with Crippen LogP contribution in [-0.4, -0.2) is 25.7 Å². The number of amides is 1. The topological polar surface area (TPSA) is 60.7 Å². The standard InChI is InChI=1S/C15H17NO4/c1-2-18-12-5-3-6-13(11-12)19-10-8-16-15(17)14-7-4-9-20-14/h3-7,9,11H,2,8,10H2,1H3,(H,16,17). The van der Waals surface area contributed by atoms with E-state index in [-0.39, 0.29) is 5.91 Å². The van der Waals surface area contributed by atoms with Crippen LogP contribution in [0.1, 0.15) is 17.5 Å². The number of nitrogens with one attached hydrogen (secondary N) is 1. The van der Waals surface area contributed by atoms with E-state index in [0.29, 0.717) is 31.3 Å². The van der Waals surface area contributed by atoms with Crippen molar-refractivity contribution in [2.24, 2.45) is 0 Å². The van der Waals surface area contributed by atoms with Gasteiger partial charge in [0, 0.05) is 6.07 Å². The van der Waals surface area contributed by atoms with E-state index in [9.17, 15) is 4.79 Å². The van der Waals surface area contributed by atoms with Crippen LogP contribution in [0.4, 0.5) is 0 Å². The van der Waals surface area contributed by atoms with Gasteiger partial charge in [-0.25, -0.2) is 0 Å². The molecule has 1 amide bonds. The zero-order valence-corrected chi connectivity index (χ0v) is 11.3. The molecule has 106 valence electrons.